The fraction of sp³-hybridized carbons (Fsp3) is 0.385. The van der Waals surface area contributed by atoms with Crippen molar-refractivity contribution in [2.75, 3.05) is 11.4 Å². The predicted molar refractivity (Wildman–Crippen MR) is 75.5 cm³/mol. The van der Waals surface area contributed by atoms with Gasteiger partial charge in [-0.3, -0.25) is 4.68 Å². The van der Waals surface area contributed by atoms with E-state index in [1.807, 2.05) is 10.7 Å². The highest BCUT2D eigenvalue weighted by molar-refractivity contribution is 5.82. The van der Waals surface area contributed by atoms with Crippen LogP contribution in [0.5, 0.6) is 0 Å². The van der Waals surface area contributed by atoms with Gasteiger partial charge in [-0.05, 0) is 12.5 Å². The van der Waals surface area contributed by atoms with Crippen molar-refractivity contribution < 1.29 is 5.11 Å². The molecule has 0 saturated heterocycles. The maximum Gasteiger partial charge on any atom is 0.182 e. The minimum atomic E-state index is -0.0295. The van der Waals surface area contributed by atoms with Gasteiger partial charge in [0.25, 0.3) is 0 Å². The molecular formula is C13H15N7O. The summed E-state index contributed by atoms with van der Waals surface area (Å²) in [5.74, 6) is 0.859. The van der Waals surface area contributed by atoms with Crippen LogP contribution < -0.4 is 4.90 Å². The van der Waals surface area contributed by atoms with Crippen LogP contribution >= 0.6 is 0 Å². The van der Waals surface area contributed by atoms with Gasteiger partial charge in [0.05, 0.1) is 30.9 Å². The Labute approximate surface area is 120 Å². The number of rotatable bonds is 2. The number of anilines is 1. The van der Waals surface area contributed by atoms with Gasteiger partial charge < -0.3 is 15.0 Å². The molecule has 0 unspecified atom stereocenters. The topological polar surface area (TPSA) is 95.8 Å². The standard InChI is InChI=1S/C13H15N7O/c21-6-9-4-10-5-19(2-1-3-20(10)18-9)13-11-12(15-7-14-11)16-8-17-13/h4,7-8,21H,1-3,5-6H2,(H,14,15,16,17). The molecule has 0 aromatic carbocycles. The largest absolute Gasteiger partial charge is 0.390 e. The van der Waals surface area contributed by atoms with Gasteiger partial charge in [-0.15, -0.1) is 0 Å². The first-order valence-electron chi connectivity index (χ1n) is 6.90. The van der Waals surface area contributed by atoms with Gasteiger partial charge in [-0.25, -0.2) is 15.0 Å². The summed E-state index contributed by atoms with van der Waals surface area (Å²) in [5.41, 5.74) is 3.32. The number of aliphatic hydroxyl groups excluding tert-OH is 1. The van der Waals surface area contributed by atoms with Gasteiger partial charge in [-0.1, -0.05) is 0 Å². The Morgan fingerprint density at radius 1 is 1.24 bits per heavy atom. The number of aliphatic hydroxyl groups is 1. The first-order chi connectivity index (χ1) is 10.3. The second kappa shape index (κ2) is 4.81. The van der Waals surface area contributed by atoms with Crippen LogP contribution in [0.15, 0.2) is 18.7 Å². The fourth-order valence-electron chi connectivity index (χ4n) is 2.77. The molecule has 1 aliphatic heterocycles. The number of hydrogen-bond acceptors (Lipinski definition) is 6. The number of fused-ring (bicyclic) bond motifs is 2. The van der Waals surface area contributed by atoms with E-state index in [1.54, 1.807) is 12.7 Å². The summed E-state index contributed by atoms with van der Waals surface area (Å²) in [7, 11) is 0. The average molecular weight is 285 g/mol. The molecule has 4 heterocycles. The minimum absolute atomic E-state index is 0.0295. The highest BCUT2D eigenvalue weighted by Crippen LogP contribution is 2.24. The van der Waals surface area contributed by atoms with Crippen molar-refractivity contribution in [2.45, 2.75) is 26.1 Å². The SMILES string of the molecule is OCc1cc2n(n1)CCCN(c1ncnc3nc[nH]c13)C2. The Kier molecular flexibility index (Phi) is 2.81. The third kappa shape index (κ3) is 2.04. The highest BCUT2D eigenvalue weighted by Gasteiger charge is 2.20. The van der Waals surface area contributed by atoms with Crippen LogP contribution in [-0.2, 0) is 19.7 Å². The number of imidazole rings is 1. The Bertz CT molecular complexity index is 778. The average Bonchev–Trinajstić information content (AvgIpc) is 3.09. The maximum absolute atomic E-state index is 9.23. The monoisotopic (exact) mass is 285 g/mol. The van der Waals surface area contributed by atoms with Crippen LogP contribution in [0.1, 0.15) is 17.8 Å². The zero-order valence-corrected chi connectivity index (χ0v) is 11.4. The molecule has 21 heavy (non-hydrogen) atoms. The lowest BCUT2D eigenvalue weighted by Gasteiger charge is -2.21. The van der Waals surface area contributed by atoms with Gasteiger partial charge in [0.2, 0.25) is 0 Å². The molecule has 0 bridgehead atoms. The lowest BCUT2D eigenvalue weighted by molar-refractivity contribution is 0.275. The van der Waals surface area contributed by atoms with Crippen LogP contribution in [0, 0.1) is 0 Å². The normalized spacial score (nSPS) is 15.2. The zero-order valence-electron chi connectivity index (χ0n) is 11.4. The molecule has 0 amide bonds. The van der Waals surface area contributed by atoms with E-state index >= 15 is 0 Å². The molecule has 0 saturated carbocycles. The predicted octanol–water partition coefficient (Wildman–Crippen LogP) is 0.452. The number of H-pyrrole nitrogens is 1. The molecule has 0 aliphatic carbocycles. The summed E-state index contributed by atoms with van der Waals surface area (Å²) in [6.07, 6.45) is 4.15. The summed E-state index contributed by atoms with van der Waals surface area (Å²) in [6, 6.07) is 1.95. The molecule has 3 aromatic rings. The van der Waals surface area contributed by atoms with Gasteiger partial charge in [-0.2, -0.15) is 5.10 Å². The van der Waals surface area contributed by atoms with E-state index in [1.165, 1.54) is 0 Å². The maximum atomic E-state index is 9.23. The van der Waals surface area contributed by atoms with E-state index in [9.17, 15) is 5.11 Å². The first-order valence-corrected chi connectivity index (χ1v) is 6.90. The second-order valence-corrected chi connectivity index (χ2v) is 5.08. The molecule has 4 rings (SSSR count). The lowest BCUT2D eigenvalue weighted by atomic mass is 10.3. The van der Waals surface area contributed by atoms with Crippen molar-refractivity contribution in [3.05, 3.63) is 30.1 Å². The first kappa shape index (κ1) is 12.3. The van der Waals surface area contributed by atoms with Crippen molar-refractivity contribution in [1.29, 1.82) is 0 Å². The molecule has 8 nitrogen and oxygen atoms in total. The third-order valence-corrected chi connectivity index (χ3v) is 3.73. The second-order valence-electron chi connectivity index (χ2n) is 5.08. The molecule has 0 atom stereocenters. The summed E-state index contributed by atoms with van der Waals surface area (Å²) in [6.45, 7) is 2.42. The molecule has 3 aromatic heterocycles. The van der Waals surface area contributed by atoms with E-state index in [-0.39, 0.29) is 6.61 Å². The van der Waals surface area contributed by atoms with Crippen LogP contribution in [0.2, 0.25) is 0 Å². The van der Waals surface area contributed by atoms with Gasteiger partial charge >= 0.3 is 0 Å². The number of nitrogens with one attached hydrogen (secondary N) is 1. The van der Waals surface area contributed by atoms with Crippen LogP contribution in [-0.4, -0.2) is 41.4 Å². The smallest absolute Gasteiger partial charge is 0.182 e. The van der Waals surface area contributed by atoms with Crippen molar-refractivity contribution in [3.63, 3.8) is 0 Å². The van der Waals surface area contributed by atoms with E-state index in [0.717, 1.165) is 36.5 Å². The molecule has 0 fully saturated rings. The molecule has 8 heteroatoms. The third-order valence-electron chi connectivity index (χ3n) is 3.73. The van der Waals surface area contributed by atoms with Crippen molar-refractivity contribution >= 4 is 17.0 Å². The molecule has 108 valence electrons. The molecule has 2 N–H and O–H groups in total. The summed E-state index contributed by atoms with van der Waals surface area (Å²) in [5, 5.41) is 13.6. The van der Waals surface area contributed by atoms with Crippen molar-refractivity contribution in [2.24, 2.45) is 0 Å². The Morgan fingerprint density at radius 3 is 3.10 bits per heavy atom. The number of nitrogens with zero attached hydrogens (tertiary/aromatic N) is 6. The minimum Gasteiger partial charge on any atom is -0.390 e. The molecule has 0 spiro atoms. The summed E-state index contributed by atoms with van der Waals surface area (Å²) < 4.78 is 1.97. The van der Waals surface area contributed by atoms with Crippen LogP contribution in [0.25, 0.3) is 11.2 Å². The quantitative estimate of drug-likeness (QED) is 0.710. The van der Waals surface area contributed by atoms with E-state index < -0.39 is 0 Å². The van der Waals surface area contributed by atoms with Crippen molar-refractivity contribution in [3.8, 4) is 0 Å². The number of aromatic nitrogens is 6. The molecule has 1 aliphatic rings. The van der Waals surface area contributed by atoms with Gasteiger partial charge in [0, 0.05) is 13.1 Å². The number of aromatic amines is 1. The summed E-state index contributed by atoms with van der Waals surface area (Å²) >= 11 is 0. The van der Waals surface area contributed by atoms with E-state index in [4.69, 9.17) is 0 Å². The molecule has 0 radical (unpaired) electrons. The Balaban J connectivity index is 1.73. The van der Waals surface area contributed by atoms with Crippen LogP contribution in [0.3, 0.4) is 0 Å². The fourth-order valence-corrected chi connectivity index (χ4v) is 2.77. The molecular weight excluding hydrogens is 270 g/mol. The van der Waals surface area contributed by atoms with Gasteiger partial charge in [0.15, 0.2) is 11.5 Å². The zero-order chi connectivity index (χ0) is 14.2. The van der Waals surface area contributed by atoms with Gasteiger partial charge in [0.1, 0.15) is 11.8 Å². The highest BCUT2D eigenvalue weighted by atomic mass is 16.3. The number of hydrogen-bond donors (Lipinski definition) is 2. The van der Waals surface area contributed by atoms with Crippen molar-refractivity contribution in [1.82, 2.24) is 29.7 Å². The lowest BCUT2D eigenvalue weighted by Crippen LogP contribution is -2.24. The van der Waals surface area contributed by atoms with Crippen LogP contribution in [0.4, 0.5) is 5.82 Å². The Hall–Kier alpha value is -2.48. The van der Waals surface area contributed by atoms with E-state index in [0.29, 0.717) is 17.9 Å². The number of aryl methyl sites for hydroxylation is 1. The summed E-state index contributed by atoms with van der Waals surface area (Å²) in [4.78, 5) is 18.0. The van der Waals surface area contributed by atoms with E-state index in [2.05, 4.69) is 29.9 Å². The Morgan fingerprint density at radius 2 is 2.19 bits per heavy atom.